The molecule has 1 aromatic rings. The number of methoxy groups -OCH3 is 1. The second kappa shape index (κ2) is 14.2. The Bertz CT molecular complexity index is 515. The molecule has 0 heterocycles. The Morgan fingerprint density at radius 3 is 2.56 bits per heavy atom. The van der Waals surface area contributed by atoms with Gasteiger partial charge in [0.2, 0.25) is 5.91 Å². The number of amides is 1. The Hall–Kier alpha value is -1.000. The number of nitrogens with one attached hydrogen (secondary N) is 2. The average molecular weight is 480 g/mol. The van der Waals surface area contributed by atoms with Gasteiger partial charge in [-0.15, -0.1) is 35.7 Å². The van der Waals surface area contributed by atoms with Gasteiger partial charge in [0.05, 0.1) is 6.61 Å². The zero-order chi connectivity index (χ0) is 17.8. The summed E-state index contributed by atoms with van der Waals surface area (Å²) in [5.41, 5.74) is 0. The van der Waals surface area contributed by atoms with Gasteiger partial charge < -0.3 is 20.3 Å². The molecule has 0 fully saturated rings. The lowest BCUT2D eigenvalue weighted by Crippen LogP contribution is -2.42. The fourth-order valence-electron chi connectivity index (χ4n) is 1.75. The molecule has 25 heavy (non-hydrogen) atoms. The van der Waals surface area contributed by atoms with Gasteiger partial charge in [0.1, 0.15) is 6.54 Å². The van der Waals surface area contributed by atoms with Crippen molar-refractivity contribution in [3.8, 4) is 0 Å². The first kappa shape index (κ1) is 24.0. The van der Waals surface area contributed by atoms with Crippen molar-refractivity contribution in [3.05, 3.63) is 30.3 Å². The summed E-state index contributed by atoms with van der Waals surface area (Å²) in [7, 11) is 5.10. The lowest BCUT2D eigenvalue weighted by Gasteiger charge is -2.16. The largest absolute Gasteiger partial charge is 0.383 e. The number of guanidine groups is 1. The van der Waals surface area contributed by atoms with Gasteiger partial charge in [-0.1, -0.05) is 25.1 Å². The molecule has 1 aromatic carbocycles. The summed E-state index contributed by atoms with van der Waals surface area (Å²) in [6.07, 6.45) is 0. The number of hydrogen-bond donors (Lipinski definition) is 2. The highest BCUT2D eigenvalue weighted by molar-refractivity contribution is 14.0. The molecule has 2 N–H and O–H groups in total. The maximum atomic E-state index is 11.7. The molecule has 0 saturated carbocycles. The lowest BCUT2D eigenvalue weighted by molar-refractivity contribution is -0.127. The highest BCUT2D eigenvalue weighted by Crippen LogP contribution is 2.21. The van der Waals surface area contributed by atoms with Gasteiger partial charge in [-0.3, -0.25) is 4.79 Å². The zero-order valence-electron chi connectivity index (χ0n) is 15.3. The topological polar surface area (TPSA) is 66.0 Å². The Kier molecular flexibility index (Phi) is 13.6. The summed E-state index contributed by atoms with van der Waals surface area (Å²) in [6.45, 7) is 4.24. The second-order valence-electron chi connectivity index (χ2n) is 5.49. The van der Waals surface area contributed by atoms with Gasteiger partial charge in [0.15, 0.2) is 5.96 Å². The van der Waals surface area contributed by atoms with Gasteiger partial charge in [0, 0.05) is 44.4 Å². The van der Waals surface area contributed by atoms with E-state index in [0.29, 0.717) is 24.4 Å². The zero-order valence-corrected chi connectivity index (χ0v) is 18.5. The van der Waals surface area contributed by atoms with Gasteiger partial charge >= 0.3 is 0 Å². The van der Waals surface area contributed by atoms with Crippen LogP contribution in [-0.4, -0.2) is 69.5 Å². The standard InChI is InChI=1S/C17H28N4O2S.HI/c1-14(24-15-8-6-5-7-9-15)12-19-17(18-10-11-23-4)20-13-16(22)21(2)3;/h5-9,14H,10-13H2,1-4H3,(H2,18,19,20);1H. The predicted octanol–water partition coefficient (Wildman–Crippen LogP) is 2.06. The Labute approximate surface area is 172 Å². The van der Waals surface area contributed by atoms with Crippen molar-refractivity contribution < 1.29 is 9.53 Å². The molecule has 0 saturated heterocycles. The number of thioether (sulfide) groups is 1. The molecule has 1 atom stereocenters. The van der Waals surface area contributed by atoms with E-state index in [0.717, 1.165) is 6.54 Å². The van der Waals surface area contributed by atoms with Crippen molar-refractivity contribution in [2.45, 2.75) is 17.1 Å². The molecule has 0 aromatic heterocycles. The molecule has 0 aliphatic heterocycles. The van der Waals surface area contributed by atoms with Crippen molar-refractivity contribution in [1.29, 1.82) is 0 Å². The minimum atomic E-state index is -0.0328. The average Bonchev–Trinajstić information content (AvgIpc) is 2.57. The first-order valence-corrected chi connectivity index (χ1v) is 8.84. The molecule has 0 aliphatic rings. The fourth-order valence-corrected chi connectivity index (χ4v) is 2.69. The van der Waals surface area contributed by atoms with E-state index < -0.39 is 0 Å². The summed E-state index contributed by atoms with van der Waals surface area (Å²) >= 11 is 1.80. The number of rotatable bonds is 9. The van der Waals surface area contributed by atoms with E-state index in [-0.39, 0.29) is 36.4 Å². The molecule has 0 radical (unpaired) electrons. The van der Waals surface area contributed by atoms with Crippen molar-refractivity contribution in [2.24, 2.45) is 4.99 Å². The van der Waals surface area contributed by atoms with Crippen LogP contribution >= 0.6 is 35.7 Å². The van der Waals surface area contributed by atoms with Gasteiger partial charge in [-0.05, 0) is 12.1 Å². The van der Waals surface area contributed by atoms with Crippen molar-refractivity contribution in [1.82, 2.24) is 15.5 Å². The maximum Gasteiger partial charge on any atom is 0.243 e. The van der Waals surface area contributed by atoms with E-state index in [9.17, 15) is 4.79 Å². The second-order valence-corrected chi connectivity index (χ2v) is 7.01. The molecule has 6 nitrogen and oxygen atoms in total. The number of likely N-dealkylation sites (N-methyl/N-ethyl adjacent to an activating group) is 1. The molecule has 142 valence electrons. The van der Waals surface area contributed by atoms with E-state index >= 15 is 0 Å². The van der Waals surface area contributed by atoms with E-state index in [1.807, 2.05) is 18.2 Å². The van der Waals surface area contributed by atoms with E-state index in [2.05, 4.69) is 34.7 Å². The molecule has 0 spiro atoms. The van der Waals surface area contributed by atoms with Crippen LogP contribution in [0.4, 0.5) is 0 Å². The summed E-state index contributed by atoms with van der Waals surface area (Å²) in [4.78, 5) is 18.8. The van der Waals surface area contributed by atoms with Crippen LogP contribution in [0.1, 0.15) is 6.92 Å². The van der Waals surface area contributed by atoms with Crippen LogP contribution in [0, 0.1) is 0 Å². The van der Waals surface area contributed by atoms with Crippen LogP contribution in [0.5, 0.6) is 0 Å². The first-order chi connectivity index (χ1) is 11.5. The normalized spacial score (nSPS) is 12.1. The van der Waals surface area contributed by atoms with Gasteiger partial charge in [-0.25, -0.2) is 4.99 Å². The fraction of sp³-hybridized carbons (Fsp3) is 0.529. The van der Waals surface area contributed by atoms with Crippen molar-refractivity contribution in [3.63, 3.8) is 0 Å². The summed E-state index contributed by atoms with van der Waals surface area (Å²) < 4.78 is 5.04. The number of benzene rings is 1. The smallest absolute Gasteiger partial charge is 0.243 e. The summed E-state index contributed by atoms with van der Waals surface area (Å²) in [5.74, 6) is 0.595. The van der Waals surface area contributed by atoms with Crippen LogP contribution in [0.15, 0.2) is 40.2 Å². The van der Waals surface area contributed by atoms with Gasteiger partial charge in [0.25, 0.3) is 0 Å². The summed E-state index contributed by atoms with van der Waals surface area (Å²) in [6, 6.07) is 10.3. The van der Waals surface area contributed by atoms with E-state index in [1.165, 1.54) is 9.80 Å². The summed E-state index contributed by atoms with van der Waals surface area (Å²) in [5, 5.41) is 6.82. The van der Waals surface area contributed by atoms with Crippen LogP contribution in [-0.2, 0) is 9.53 Å². The third kappa shape index (κ3) is 11.3. The highest BCUT2D eigenvalue weighted by Gasteiger charge is 2.08. The van der Waals surface area contributed by atoms with Crippen LogP contribution in [0.3, 0.4) is 0 Å². The Morgan fingerprint density at radius 1 is 1.28 bits per heavy atom. The quantitative estimate of drug-likeness (QED) is 0.186. The first-order valence-electron chi connectivity index (χ1n) is 7.96. The molecule has 0 bridgehead atoms. The molecule has 1 rings (SSSR count). The number of carbonyl (C=O) groups is 1. The SMILES string of the molecule is COCCNC(=NCC(=O)N(C)C)NCC(C)Sc1ccccc1.I. The van der Waals surface area contributed by atoms with E-state index in [1.54, 1.807) is 33.0 Å². The third-order valence-electron chi connectivity index (χ3n) is 3.11. The number of ether oxygens (including phenoxy) is 1. The van der Waals surface area contributed by atoms with Gasteiger partial charge in [-0.2, -0.15) is 0 Å². The van der Waals surface area contributed by atoms with Crippen molar-refractivity contribution in [2.75, 3.05) is 47.4 Å². The number of halogens is 1. The molecule has 1 amide bonds. The number of carbonyl (C=O) groups excluding carboxylic acids is 1. The number of aliphatic imine (C=N–C) groups is 1. The molecular formula is C17H29IN4O2S. The predicted molar refractivity (Wildman–Crippen MR) is 116 cm³/mol. The van der Waals surface area contributed by atoms with Crippen molar-refractivity contribution >= 4 is 47.6 Å². The van der Waals surface area contributed by atoms with Crippen LogP contribution in [0.25, 0.3) is 0 Å². The monoisotopic (exact) mass is 480 g/mol. The molecule has 0 aliphatic carbocycles. The Morgan fingerprint density at radius 2 is 1.96 bits per heavy atom. The molecular weight excluding hydrogens is 451 g/mol. The van der Waals surface area contributed by atoms with Crippen LogP contribution in [0.2, 0.25) is 0 Å². The minimum absolute atomic E-state index is 0. The molecule has 1 unspecified atom stereocenters. The maximum absolute atomic E-state index is 11.7. The Balaban J connectivity index is 0.00000576. The third-order valence-corrected chi connectivity index (χ3v) is 4.22. The lowest BCUT2D eigenvalue weighted by atomic mass is 10.4. The number of hydrogen-bond acceptors (Lipinski definition) is 4. The van der Waals surface area contributed by atoms with E-state index in [4.69, 9.17) is 4.74 Å². The molecule has 8 heteroatoms. The number of nitrogens with zero attached hydrogens (tertiary/aromatic N) is 2. The highest BCUT2D eigenvalue weighted by atomic mass is 127. The minimum Gasteiger partial charge on any atom is -0.383 e. The van der Waals surface area contributed by atoms with Crippen LogP contribution < -0.4 is 10.6 Å².